The zero-order valence-corrected chi connectivity index (χ0v) is 17.7. The van der Waals surface area contributed by atoms with Crippen LogP contribution >= 0.6 is 11.6 Å². The van der Waals surface area contributed by atoms with E-state index >= 15 is 0 Å². The van der Waals surface area contributed by atoms with Crippen molar-refractivity contribution in [3.8, 4) is 5.75 Å². The molecule has 3 atom stereocenters. The maximum Gasteiger partial charge on any atom is 0.227 e. The molecule has 0 aromatic heterocycles. The third-order valence-electron chi connectivity index (χ3n) is 6.39. The van der Waals surface area contributed by atoms with Crippen LogP contribution in [0.3, 0.4) is 0 Å². The third-order valence-corrected chi connectivity index (χ3v) is 6.62. The zero-order chi connectivity index (χ0) is 20.7. The van der Waals surface area contributed by atoms with Crippen LogP contribution in [0, 0.1) is 5.92 Å². The quantitative estimate of drug-likeness (QED) is 0.550. The van der Waals surface area contributed by atoms with Crippen molar-refractivity contribution in [3.63, 3.8) is 0 Å². The molecule has 3 aromatic carbocycles. The van der Waals surface area contributed by atoms with Crippen molar-refractivity contribution in [2.24, 2.45) is 5.92 Å². The standard InChI is InChI=1S/C26H24ClNO2/c1-30-24-12-11-19(27)15-23(24)25-20-10-6-5-9-18(20)13-14-28(25)26(29)22-16-21(22)17-7-3-2-4-8-17/h2-12,15,21-22,25H,13-14,16H2,1H3/t21-,22+,25-/m0/s1. The number of ether oxygens (including phenoxy) is 1. The Labute approximate surface area is 182 Å². The van der Waals surface area contributed by atoms with E-state index in [1.54, 1.807) is 7.11 Å². The van der Waals surface area contributed by atoms with Gasteiger partial charge in [0.2, 0.25) is 5.91 Å². The van der Waals surface area contributed by atoms with E-state index < -0.39 is 0 Å². The van der Waals surface area contributed by atoms with Crippen molar-refractivity contribution in [1.82, 2.24) is 4.90 Å². The van der Waals surface area contributed by atoms with Gasteiger partial charge in [0.25, 0.3) is 0 Å². The summed E-state index contributed by atoms with van der Waals surface area (Å²) < 4.78 is 5.67. The van der Waals surface area contributed by atoms with E-state index in [1.165, 1.54) is 11.1 Å². The fourth-order valence-electron chi connectivity index (χ4n) is 4.81. The van der Waals surface area contributed by atoms with Gasteiger partial charge < -0.3 is 9.64 Å². The second kappa shape index (κ2) is 7.81. The zero-order valence-electron chi connectivity index (χ0n) is 16.9. The lowest BCUT2D eigenvalue weighted by Crippen LogP contribution is -2.41. The summed E-state index contributed by atoms with van der Waals surface area (Å²) in [6.45, 7) is 0.703. The van der Waals surface area contributed by atoms with Crippen LogP contribution in [0.2, 0.25) is 5.02 Å². The summed E-state index contributed by atoms with van der Waals surface area (Å²) >= 11 is 6.37. The molecule has 1 amide bonds. The number of halogens is 1. The smallest absolute Gasteiger partial charge is 0.227 e. The van der Waals surface area contributed by atoms with Crippen molar-refractivity contribution in [3.05, 3.63) is 100 Å². The molecule has 3 aromatic rings. The van der Waals surface area contributed by atoms with Gasteiger partial charge in [-0.15, -0.1) is 0 Å². The van der Waals surface area contributed by atoms with E-state index in [9.17, 15) is 4.79 Å². The van der Waals surface area contributed by atoms with Crippen molar-refractivity contribution < 1.29 is 9.53 Å². The Kier molecular flexibility index (Phi) is 5.00. The summed E-state index contributed by atoms with van der Waals surface area (Å²) in [6.07, 6.45) is 1.78. The summed E-state index contributed by atoms with van der Waals surface area (Å²) in [5.74, 6) is 1.35. The van der Waals surface area contributed by atoms with Gasteiger partial charge in [-0.25, -0.2) is 0 Å². The molecule has 4 heteroatoms. The largest absolute Gasteiger partial charge is 0.496 e. The number of nitrogens with zero attached hydrogens (tertiary/aromatic N) is 1. The van der Waals surface area contributed by atoms with Gasteiger partial charge in [0, 0.05) is 23.0 Å². The predicted octanol–water partition coefficient (Wildman–Crippen LogP) is 5.63. The van der Waals surface area contributed by atoms with E-state index in [2.05, 4.69) is 30.3 Å². The van der Waals surface area contributed by atoms with Gasteiger partial charge in [0.1, 0.15) is 5.75 Å². The molecule has 1 saturated carbocycles. The summed E-state index contributed by atoms with van der Waals surface area (Å²) in [7, 11) is 1.67. The lowest BCUT2D eigenvalue weighted by atomic mass is 9.87. The summed E-state index contributed by atoms with van der Waals surface area (Å²) in [6, 6.07) is 24.2. The molecule has 5 rings (SSSR count). The minimum atomic E-state index is -0.187. The van der Waals surface area contributed by atoms with Crippen LogP contribution < -0.4 is 4.74 Å². The van der Waals surface area contributed by atoms with Gasteiger partial charge in [-0.05, 0) is 53.6 Å². The molecule has 0 saturated heterocycles. The highest BCUT2D eigenvalue weighted by Gasteiger charge is 2.48. The molecule has 1 aliphatic carbocycles. The highest BCUT2D eigenvalue weighted by atomic mass is 35.5. The maximum atomic E-state index is 13.7. The summed E-state index contributed by atoms with van der Waals surface area (Å²) in [5.41, 5.74) is 4.64. The molecule has 1 fully saturated rings. The molecule has 30 heavy (non-hydrogen) atoms. The van der Waals surface area contributed by atoms with Crippen LogP contribution in [-0.4, -0.2) is 24.5 Å². The molecule has 1 heterocycles. The van der Waals surface area contributed by atoms with Crippen LogP contribution in [0.15, 0.2) is 72.8 Å². The Morgan fingerprint density at radius 3 is 2.57 bits per heavy atom. The average molecular weight is 418 g/mol. The third kappa shape index (κ3) is 3.37. The van der Waals surface area contributed by atoms with Crippen LogP contribution in [0.4, 0.5) is 0 Å². The molecule has 0 bridgehead atoms. The molecule has 1 aliphatic heterocycles. The van der Waals surface area contributed by atoms with E-state index in [0.717, 1.165) is 29.7 Å². The fraction of sp³-hybridized carbons (Fsp3) is 0.269. The van der Waals surface area contributed by atoms with Crippen molar-refractivity contribution in [2.45, 2.75) is 24.8 Å². The van der Waals surface area contributed by atoms with Gasteiger partial charge in [-0.2, -0.15) is 0 Å². The molecule has 0 unspecified atom stereocenters. The molecule has 3 nitrogen and oxygen atoms in total. The van der Waals surface area contributed by atoms with Crippen LogP contribution in [0.25, 0.3) is 0 Å². The molecule has 152 valence electrons. The Balaban J connectivity index is 1.53. The number of methoxy groups -OCH3 is 1. The maximum absolute atomic E-state index is 13.7. The topological polar surface area (TPSA) is 29.5 Å². The molecular formula is C26H24ClNO2. The molecule has 0 N–H and O–H groups in total. The fourth-order valence-corrected chi connectivity index (χ4v) is 4.99. The van der Waals surface area contributed by atoms with Crippen molar-refractivity contribution in [1.29, 1.82) is 0 Å². The second-order valence-corrected chi connectivity index (χ2v) is 8.57. The first kappa shape index (κ1) is 19.2. The normalized spacial score (nSPS) is 22.3. The minimum Gasteiger partial charge on any atom is -0.496 e. The number of carbonyl (C=O) groups excluding carboxylic acids is 1. The average Bonchev–Trinajstić information content (AvgIpc) is 3.59. The summed E-state index contributed by atoms with van der Waals surface area (Å²) in [4.78, 5) is 15.7. The monoisotopic (exact) mass is 417 g/mol. The number of benzene rings is 3. The number of fused-ring (bicyclic) bond motifs is 1. The minimum absolute atomic E-state index is 0.0466. The Hall–Kier alpha value is -2.78. The lowest BCUT2D eigenvalue weighted by Gasteiger charge is -2.38. The van der Waals surface area contributed by atoms with Gasteiger partial charge >= 0.3 is 0 Å². The van der Waals surface area contributed by atoms with Gasteiger partial charge in [0.15, 0.2) is 0 Å². The van der Waals surface area contributed by atoms with Gasteiger partial charge in [-0.3, -0.25) is 4.79 Å². The number of hydrogen-bond acceptors (Lipinski definition) is 2. The second-order valence-electron chi connectivity index (χ2n) is 8.13. The molecule has 0 radical (unpaired) electrons. The first-order valence-corrected chi connectivity index (χ1v) is 10.8. The lowest BCUT2D eigenvalue weighted by molar-refractivity contribution is -0.134. The highest BCUT2D eigenvalue weighted by molar-refractivity contribution is 6.30. The predicted molar refractivity (Wildman–Crippen MR) is 119 cm³/mol. The number of rotatable bonds is 4. The van der Waals surface area contributed by atoms with E-state index in [4.69, 9.17) is 16.3 Å². The molecular weight excluding hydrogens is 394 g/mol. The number of amides is 1. The Bertz CT molecular complexity index is 1080. The van der Waals surface area contributed by atoms with E-state index in [-0.39, 0.29) is 17.9 Å². The van der Waals surface area contributed by atoms with Crippen LogP contribution in [0.1, 0.15) is 40.6 Å². The highest BCUT2D eigenvalue weighted by Crippen LogP contribution is 2.50. The number of hydrogen-bond donors (Lipinski definition) is 0. The first-order valence-electron chi connectivity index (χ1n) is 10.4. The Morgan fingerprint density at radius 2 is 1.77 bits per heavy atom. The van der Waals surface area contributed by atoms with Crippen molar-refractivity contribution in [2.75, 3.05) is 13.7 Å². The van der Waals surface area contributed by atoms with Gasteiger partial charge in [-0.1, -0.05) is 66.2 Å². The van der Waals surface area contributed by atoms with Gasteiger partial charge in [0.05, 0.1) is 13.2 Å². The molecule has 2 aliphatic rings. The van der Waals surface area contributed by atoms with E-state index in [0.29, 0.717) is 17.5 Å². The van der Waals surface area contributed by atoms with Crippen LogP contribution in [0.5, 0.6) is 5.75 Å². The first-order chi connectivity index (χ1) is 14.7. The molecule has 0 spiro atoms. The number of carbonyl (C=O) groups is 1. The summed E-state index contributed by atoms with van der Waals surface area (Å²) in [5, 5.41) is 0.648. The van der Waals surface area contributed by atoms with Crippen LogP contribution in [-0.2, 0) is 11.2 Å². The SMILES string of the molecule is COc1ccc(Cl)cc1[C@@H]1c2ccccc2CCN1C(=O)[C@@H]1C[C@H]1c1ccccc1. The Morgan fingerprint density at radius 1 is 1.00 bits per heavy atom. The van der Waals surface area contributed by atoms with Crippen molar-refractivity contribution >= 4 is 17.5 Å². The van der Waals surface area contributed by atoms with E-state index in [1.807, 2.05) is 47.4 Å².